The normalized spacial score (nSPS) is 21.5. The topological polar surface area (TPSA) is 83.2 Å². The van der Waals surface area contributed by atoms with E-state index < -0.39 is 0 Å². The quantitative estimate of drug-likeness (QED) is 0.824. The summed E-state index contributed by atoms with van der Waals surface area (Å²) < 4.78 is 1.93. The third-order valence-electron chi connectivity index (χ3n) is 4.61. The molecule has 2 aromatic heterocycles. The first-order valence-electron chi connectivity index (χ1n) is 8.10. The molecular weight excluding hydrogens is 308 g/mol. The summed E-state index contributed by atoms with van der Waals surface area (Å²) in [7, 11) is 1.59. The maximum Gasteiger partial charge on any atom is 0.270 e. The van der Waals surface area contributed by atoms with Crippen LogP contribution in [0.5, 0.6) is 0 Å². The van der Waals surface area contributed by atoms with Crippen molar-refractivity contribution in [3.63, 3.8) is 0 Å². The monoisotopic (exact) mass is 326 g/mol. The minimum Gasteiger partial charge on any atom is -0.327 e. The fourth-order valence-electron chi connectivity index (χ4n) is 3.35. The van der Waals surface area contributed by atoms with Gasteiger partial charge in [-0.05, 0) is 25.0 Å². The standard InChI is InChI=1S/C16H18N6O2/c1-20-14(23)8-7-11(19-20)16(24)21-10-4-5-12(21)15-18-17-13-6-2-3-9-22(13)15/h2-3,6,9,12H,4-5,7-8,10H2,1H3/t12-/m1/s1. The molecule has 0 spiro atoms. The summed E-state index contributed by atoms with van der Waals surface area (Å²) in [6, 6.07) is 5.62. The number of carbonyl (C=O) groups is 2. The summed E-state index contributed by atoms with van der Waals surface area (Å²) in [4.78, 5) is 26.3. The summed E-state index contributed by atoms with van der Waals surface area (Å²) in [5, 5.41) is 13.9. The largest absolute Gasteiger partial charge is 0.327 e. The molecule has 0 saturated carbocycles. The highest BCUT2D eigenvalue weighted by molar-refractivity contribution is 6.39. The summed E-state index contributed by atoms with van der Waals surface area (Å²) in [5.41, 5.74) is 1.21. The van der Waals surface area contributed by atoms with Crippen LogP contribution in [0.3, 0.4) is 0 Å². The molecule has 24 heavy (non-hydrogen) atoms. The fraction of sp³-hybridized carbons (Fsp3) is 0.438. The van der Waals surface area contributed by atoms with Crippen LogP contribution in [-0.2, 0) is 9.59 Å². The Balaban J connectivity index is 1.64. The van der Waals surface area contributed by atoms with Crippen molar-refractivity contribution in [2.45, 2.75) is 31.7 Å². The predicted octanol–water partition coefficient (Wildman–Crippen LogP) is 1.00. The molecule has 2 amide bonds. The fourth-order valence-corrected chi connectivity index (χ4v) is 3.35. The van der Waals surface area contributed by atoms with Crippen molar-refractivity contribution in [3.8, 4) is 0 Å². The highest BCUT2D eigenvalue weighted by Gasteiger charge is 2.36. The van der Waals surface area contributed by atoms with E-state index in [1.807, 2.05) is 33.7 Å². The molecule has 1 fully saturated rings. The van der Waals surface area contributed by atoms with Gasteiger partial charge in [0.25, 0.3) is 5.91 Å². The second-order valence-electron chi connectivity index (χ2n) is 6.11. The van der Waals surface area contributed by atoms with Gasteiger partial charge in [0.05, 0.1) is 6.04 Å². The summed E-state index contributed by atoms with van der Waals surface area (Å²) in [6.07, 6.45) is 4.40. The lowest BCUT2D eigenvalue weighted by Crippen LogP contribution is -2.40. The van der Waals surface area contributed by atoms with Gasteiger partial charge in [-0.3, -0.25) is 14.0 Å². The molecule has 2 aliphatic heterocycles. The zero-order valence-corrected chi connectivity index (χ0v) is 13.4. The van der Waals surface area contributed by atoms with Crippen molar-refractivity contribution >= 4 is 23.2 Å². The van der Waals surface area contributed by atoms with Gasteiger partial charge in [0.1, 0.15) is 5.71 Å². The van der Waals surface area contributed by atoms with E-state index in [2.05, 4.69) is 15.3 Å². The summed E-state index contributed by atoms with van der Waals surface area (Å²) in [6.45, 7) is 0.669. The lowest BCUT2D eigenvalue weighted by Gasteiger charge is -2.26. The van der Waals surface area contributed by atoms with Crippen LogP contribution in [0.25, 0.3) is 5.65 Å². The molecule has 2 aliphatic rings. The molecule has 0 N–H and O–H groups in total. The van der Waals surface area contributed by atoms with Gasteiger partial charge < -0.3 is 4.90 Å². The number of nitrogens with zero attached hydrogens (tertiary/aromatic N) is 6. The van der Waals surface area contributed by atoms with E-state index in [4.69, 9.17) is 0 Å². The van der Waals surface area contributed by atoms with E-state index in [1.165, 1.54) is 5.01 Å². The van der Waals surface area contributed by atoms with Gasteiger partial charge in [-0.1, -0.05) is 6.07 Å². The number of hydrogen-bond donors (Lipinski definition) is 0. The molecule has 8 nitrogen and oxygen atoms in total. The van der Waals surface area contributed by atoms with E-state index in [-0.39, 0.29) is 17.9 Å². The summed E-state index contributed by atoms with van der Waals surface area (Å²) in [5.74, 6) is 0.606. The molecule has 1 saturated heterocycles. The SMILES string of the molecule is CN1N=C(C(=O)N2CCC[C@@H]2c2nnc3ccccn23)CCC1=O. The Bertz CT molecular complexity index is 842. The highest BCUT2D eigenvalue weighted by Crippen LogP contribution is 2.31. The van der Waals surface area contributed by atoms with Crippen molar-refractivity contribution in [1.82, 2.24) is 24.5 Å². The first-order valence-corrected chi connectivity index (χ1v) is 8.10. The molecule has 0 aliphatic carbocycles. The molecular formula is C16H18N6O2. The minimum atomic E-state index is -0.111. The van der Waals surface area contributed by atoms with Gasteiger partial charge in [-0.15, -0.1) is 10.2 Å². The van der Waals surface area contributed by atoms with Gasteiger partial charge >= 0.3 is 0 Å². The summed E-state index contributed by atoms with van der Waals surface area (Å²) >= 11 is 0. The third kappa shape index (κ3) is 2.34. The number of rotatable bonds is 2. The average molecular weight is 326 g/mol. The van der Waals surface area contributed by atoms with E-state index in [0.29, 0.717) is 25.1 Å². The zero-order chi connectivity index (χ0) is 16.7. The van der Waals surface area contributed by atoms with Gasteiger partial charge in [0.2, 0.25) is 5.91 Å². The van der Waals surface area contributed by atoms with Crippen molar-refractivity contribution < 1.29 is 9.59 Å². The van der Waals surface area contributed by atoms with Gasteiger partial charge in [0, 0.05) is 32.6 Å². The van der Waals surface area contributed by atoms with E-state index in [0.717, 1.165) is 24.3 Å². The Morgan fingerprint density at radius 1 is 1.25 bits per heavy atom. The number of aromatic nitrogens is 3. The first kappa shape index (κ1) is 14.8. The van der Waals surface area contributed by atoms with Crippen molar-refractivity contribution in [3.05, 3.63) is 30.2 Å². The number of carbonyl (C=O) groups excluding carboxylic acids is 2. The van der Waals surface area contributed by atoms with Crippen molar-refractivity contribution in [2.24, 2.45) is 5.10 Å². The molecule has 124 valence electrons. The second-order valence-corrected chi connectivity index (χ2v) is 6.11. The van der Waals surface area contributed by atoms with Crippen LogP contribution in [0.4, 0.5) is 0 Å². The maximum absolute atomic E-state index is 12.9. The molecule has 0 bridgehead atoms. The van der Waals surface area contributed by atoms with Crippen LogP contribution < -0.4 is 0 Å². The number of hydrazone groups is 1. The van der Waals surface area contributed by atoms with Crippen molar-refractivity contribution in [2.75, 3.05) is 13.6 Å². The Morgan fingerprint density at radius 2 is 2.12 bits per heavy atom. The number of likely N-dealkylation sites (tertiary alicyclic amines) is 1. The molecule has 0 radical (unpaired) electrons. The van der Waals surface area contributed by atoms with Crippen LogP contribution in [0, 0.1) is 0 Å². The Morgan fingerprint density at radius 3 is 2.96 bits per heavy atom. The molecule has 4 heterocycles. The van der Waals surface area contributed by atoms with Crippen LogP contribution in [0.1, 0.15) is 37.5 Å². The average Bonchev–Trinajstić information content (AvgIpc) is 3.22. The van der Waals surface area contributed by atoms with Crippen LogP contribution in [0.15, 0.2) is 29.5 Å². The van der Waals surface area contributed by atoms with E-state index in [9.17, 15) is 9.59 Å². The first-order chi connectivity index (χ1) is 11.6. The molecule has 0 unspecified atom stereocenters. The lowest BCUT2D eigenvalue weighted by molar-refractivity contribution is -0.130. The lowest BCUT2D eigenvalue weighted by atomic mass is 10.1. The van der Waals surface area contributed by atoms with Crippen molar-refractivity contribution in [1.29, 1.82) is 0 Å². The predicted molar refractivity (Wildman–Crippen MR) is 86.1 cm³/mol. The van der Waals surface area contributed by atoms with E-state index in [1.54, 1.807) is 7.05 Å². The Kier molecular flexibility index (Phi) is 3.51. The second kappa shape index (κ2) is 5.70. The maximum atomic E-state index is 12.9. The zero-order valence-electron chi connectivity index (χ0n) is 13.4. The number of amides is 2. The van der Waals surface area contributed by atoms with E-state index >= 15 is 0 Å². The van der Waals surface area contributed by atoms with Crippen LogP contribution >= 0.6 is 0 Å². The molecule has 4 rings (SSSR count). The van der Waals surface area contributed by atoms with Gasteiger partial charge in [-0.2, -0.15) is 5.10 Å². The van der Waals surface area contributed by atoms with Crippen LogP contribution in [0.2, 0.25) is 0 Å². The highest BCUT2D eigenvalue weighted by atomic mass is 16.2. The van der Waals surface area contributed by atoms with Gasteiger partial charge in [-0.25, -0.2) is 5.01 Å². The molecule has 1 atom stereocenters. The van der Waals surface area contributed by atoms with Gasteiger partial charge in [0.15, 0.2) is 11.5 Å². The molecule has 8 heteroatoms. The smallest absolute Gasteiger partial charge is 0.270 e. The minimum absolute atomic E-state index is 0.0621. The molecule has 0 aromatic carbocycles. The number of hydrogen-bond acceptors (Lipinski definition) is 5. The molecule has 2 aromatic rings. The Labute approximate surface area is 138 Å². The van der Waals surface area contributed by atoms with Crippen LogP contribution in [-0.4, -0.2) is 55.6 Å². The number of fused-ring (bicyclic) bond motifs is 1. The Hall–Kier alpha value is -2.77. The number of pyridine rings is 1. The third-order valence-corrected chi connectivity index (χ3v) is 4.61.